The molecule has 18 heavy (non-hydrogen) atoms. The van der Waals surface area contributed by atoms with Crippen molar-refractivity contribution in [2.45, 2.75) is 51.4 Å². The van der Waals surface area contributed by atoms with Crippen molar-refractivity contribution >= 4 is 21.7 Å². The molecule has 2 rings (SSSR count). The maximum absolute atomic E-state index is 11.9. The Morgan fingerprint density at radius 1 is 1.11 bits per heavy atom. The number of hydrogen-bond acceptors (Lipinski definition) is 1. The third kappa shape index (κ3) is 4.56. The lowest BCUT2D eigenvalue weighted by Gasteiger charge is -2.20. The summed E-state index contributed by atoms with van der Waals surface area (Å²) in [4.78, 5) is 11.9. The highest BCUT2D eigenvalue weighted by Crippen LogP contribution is 2.27. The topological polar surface area (TPSA) is 17.1 Å². The molecule has 2 heteroatoms. The standard InChI is InChI=1S/C16H21BrO/c17-15-9-6-14(7-10-15)12-16(18)11-8-13-4-2-1-3-5-13/h6-7,9-10,13H,1-5,8,11-12H2. The lowest BCUT2D eigenvalue weighted by Crippen LogP contribution is -2.10. The monoisotopic (exact) mass is 308 g/mol. The summed E-state index contributed by atoms with van der Waals surface area (Å²) < 4.78 is 1.07. The van der Waals surface area contributed by atoms with Gasteiger partial charge in [0.1, 0.15) is 5.78 Å². The Labute approximate surface area is 118 Å². The number of carbonyl (C=O) groups is 1. The molecular weight excluding hydrogens is 288 g/mol. The van der Waals surface area contributed by atoms with Crippen LogP contribution in [0.5, 0.6) is 0 Å². The third-order valence-corrected chi connectivity index (χ3v) is 4.40. The highest BCUT2D eigenvalue weighted by molar-refractivity contribution is 9.10. The Morgan fingerprint density at radius 3 is 2.44 bits per heavy atom. The lowest BCUT2D eigenvalue weighted by atomic mass is 9.85. The fourth-order valence-electron chi connectivity index (χ4n) is 2.76. The summed E-state index contributed by atoms with van der Waals surface area (Å²) in [5, 5.41) is 0. The van der Waals surface area contributed by atoms with Gasteiger partial charge in [-0.25, -0.2) is 0 Å². The van der Waals surface area contributed by atoms with Crippen molar-refractivity contribution in [2.24, 2.45) is 5.92 Å². The van der Waals surface area contributed by atoms with Crippen LogP contribution in [0.3, 0.4) is 0 Å². The first-order chi connectivity index (χ1) is 8.74. The quantitative estimate of drug-likeness (QED) is 0.754. The minimum atomic E-state index is 0.392. The van der Waals surface area contributed by atoms with Gasteiger partial charge in [0, 0.05) is 17.3 Å². The zero-order valence-corrected chi connectivity index (χ0v) is 12.4. The predicted molar refractivity (Wildman–Crippen MR) is 78.7 cm³/mol. The summed E-state index contributed by atoms with van der Waals surface area (Å²) in [5.74, 6) is 1.20. The van der Waals surface area contributed by atoms with Crippen LogP contribution in [0.1, 0.15) is 50.5 Å². The SMILES string of the molecule is O=C(CCC1CCCCC1)Cc1ccc(Br)cc1. The van der Waals surface area contributed by atoms with E-state index in [1.807, 2.05) is 24.3 Å². The van der Waals surface area contributed by atoms with Gasteiger partial charge in [-0.3, -0.25) is 4.79 Å². The average Bonchev–Trinajstić information content (AvgIpc) is 2.40. The van der Waals surface area contributed by atoms with E-state index < -0.39 is 0 Å². The smallest absolute Gasteiger partial charge is 0.137 e. The summed E-state index contributed by atoms with van der Waals surface area (Å²) in [6.45, 7) is 0. The number of Topliss-reactive ketones (excluding diaryl/α,β-unsaturated/α-hetero) is 1. The molecule has 1 fully saturated rings. The number of ketones is 1. The van der Waals surface area contributed by atoms with Crippen LogP contribution in [-0.4, -0.2) is 5.78 Å². The number of rotatable bonds is 5. The molecule has 0 aliphatic heterocycles. The number of benzene rings is 1. The fraction of sp³-hybridized carbons (Fsp3) is 0.562. The molecule has 1 saturated carbocycles. The van der Waals surface area contributed by atoms with E-state index in [0.29, 0.717) is 12.2 Å². The second-order valence-electron chi connectivity index (χ2n) is 5.38. The first-order valence-corrected chi connectivity index (χ1v) is 7.79. The first-order valence-electron chi connectivity index (χ1n) is 7.00. The summed E-state index contributed by atoms with van der Waals surface area (Å²) in [6.07, 6.45) is 9.27. The van der Waals surface area contributed by atoms with E-state index >= 15 is 0 Å². The van der Waals surface area contributed by atoms with Crippen molar-refractivity contribution < 1.29 is 4.79 Å². The van der Waals surface area contributed by atoms with Gasteiger partial charge in [0.25, 0.3) is 0 Å². The van der Waals surface area contributed by atoms with Gasteiger partial charge in [0.05, 0.1) is 0 Å². The molecule has 0 spiro atoms. The predicted octanol–water partition coefficient (Wildman–Crippen LogP) is 4.92. The molecule has 0 radical (unpaired) electrons. The van der Waals surface area contributed by atoms with Crippen molar-refractivity contribution in [3.05, 3.63) is 34.3 Å². The largest absolute Gasteiger partial charge is 0.299 e. The van der Waals surface area contributed by atoms with Gasteiger partial charge >= 0.3 is 0 Å². The van der Waals surface area contributed by atoms with Crippen LogP contribution in [0.4, 0.5) is 0 Å². The molecule has 1 nitrogen and oxygen atoms in total. The molecule has 98 valence electrons. The second-order valence-corrected chi connectivity index (χ2v) is 6.30. The highest BCUT2D eigenvalue weighted by Gasteiger charge is 2.14. The van der Waals surface area contributed by atoms with Crippen LogP contribution < -0.4 is 0 Å². The van der Waals surface area contributed by atoms with Crippen LogP contribution in [0, 0.1) is 5.92 Å². The van der Waals surface area contributed by atoms with Gasteiger partial charge in [-0.15, -0.1) is 0 Å². The molecule has 0 unspecified atom stereocenters. The third-order valence-electron chi connectivity index (χ3n) is 3.87. The van der Waals surface area contributed by atoms with Gasteiger partial charge in [0.2, 0.25) is 0 Å². The maximum atomic E-state index is 11.9. The summed E-state index contributed by atoms with van der Waals surface area (Å²) in [5.41, 5.74) is 1.13. The van der Waals surface area contributed by atoms with Crippen molar-refractivity contribution in [3.8, 4) is 0 Å². The highest BCUT2D eigenvalue weighted by atomic mass is 79.9. The number of halogens is 1. The molecular formula is C16H21BrO. The zero-order chi connectivity index (χ0) is 12.8. The van der Waals surface area contributed by atoms with E-state index in [9.17, 15) is 4.79 Å². The summed E-state index contributed by atoms with van der Waals surface area (Å²) >= 11 is 3.41. The molecule has 0 N–H and O–H groups in total. The normalized spacial score (nSPS) is 16.7. The van der Waals surface area contributed by atoms with E-state index in [0.717, 1.165) is 28.8 Å². The molecule has 1 aliphatic carbocycles. The molecule has 0 saturated heterocycles. The van der Waals surface area contributed by atoms with Gasteiger partial charge in [-0.05, 0) is 30.0 Å². The molecule has 1 aliphatic rings. The average molecular weight is 309 g/mol. The Morgan fingerprint density at radius 2 is 1.78 bits per heavy atom. The Hall–Kier alpha value is -0.630. The van der Waals surface area contributed by atoms with Crippen molar-refractivity contribution in [1.29, 1.82) is 0 Å². The van der Waals surface area contributed by atoms with Crippen molar-refractivity contribution in [2.75, 3.05) is 0 Å². The zero-order valence-electron chi connectivity index (χ0n) is 10.8. The van der Waals surface area contributed by atoms with E-state index in [4.69, 9.17) is 0 Å². The number of carbonyl (C=O) groups excluding carboxylic acids is 1. The molecule has 0 bridgehead atoms. The Bertz CT molecular complexity index is 377. The molecule has 0 aromatic heterocycles. The van der Waals surface area contributed by atoms with E-state index in [2.05, 4.69) is 15.9 Å². The summed E-state index contributed by atoms with van der Waals surface area (Å²) in [7, 11) is 0. The molecule has 1 aromatic carbocycles. The molecule has 0 amide bonds. The van der Waals surface area contributed by atoms with Crippen molar-refractivity contribution in [3.63, 3.8) is 0 Å². The molecule has 0 heterocycles. The van der Waals surface area contributed by atoms with Crippen molar-refractivity contribution in [1.82, 2.24) is 0 Å². The second kappa shape index (κ2) is 7.08. The Kier molecular flexibility index (Phi) is 5.43. The first kappa shape index (κ1) is 13.8. The van der Waals surface area contributed by atoms with E-state index in [1.165, 1.54) is 32.1 Å². The van der Waals surface area contributed by atoms with Gasteiger partial charge in [0.15, 0.2) is 0 Å². The number of hydrogen-bond donors (Lipinski definition) is 0. The lowest BCUT2D eigenvalue weighted by molar-refractivity contribution is -0.118. The van der Waals surface area contributed by atoms with Gasteiger partial charge in [-0.1, -0.05) is 60.2 Å². The maximum Gasteiger partial charge on any atom is 0.137 e. The minimum absolute atomic E-state index is 0.392. The van der Waals surface area contributed by atoms with Crippen LogP contribution in [0.25, 0.3) is 0 Å². The fourth-order valence-corrected chi connectivity index (χ4v) is 3.02. The molecule has 0 atom stereocenters. The van der Waals surface area contributed by atoms with Crippen LogP contribution in [-0.2, 0) is 11.2 Å². The minimum Gasteiger partial charge on any atom is -0.299 e. The molecule has 1 aromatic rings. The van der Waals surface area contributed by atoms with Gasteiger partial charge < -0.3 is 0 Å². The Balaban J connectivity index is 1.73. The summed E-state index contributed by atoms with van der Waals surface area (Å²) in [6, 6.07) is 8.07. The van der Waals surface area contributed by atoms with E-state index in [1.54, 1.807) is 0 Å². The van der Waals surface area contributed by atoms with Gasteiger partial charge in [-0.2, -0.15) is 0 Å². The van der Waals surface area contributed by atoms with Crippen LogP contribution >= 0.6 is 15.9 Å². The van der Waals surface area contributed by atoms with Crippen LogP contribution in [0.2, 0.25) is 0 Å². The van der Waals surface area contributed by atoms with E-state index in [-0.39, 0.29) is 0 Å². The van der Waals surface area contributed by atoms with Crippen LogP contribution in [0.15, 0.2) is 28.7 Å².